The maximum Gasteiger partial charge on any atom is 0.306 e. The number of hydrogen-bond acceptors (Lipinski definition) is 8. The minimum Gasteiger partial charge on any atom is -0.545 e. The van der Waals surface area contributed by atoms with Gasteiger partial charge in [-0.3, -0.25) is 9.59 Å². The lowest BCUT2D eigenvalue weighted by Crippen LogP contribution is -2.44. The fourth-order valence-electron chi connectivity index (χ4n) is 9.43. The van der Waals surface area contributed by atoms with E-state index in [0.29, 0.717) is 17.4 Å². The molecule has 0 aliphatic carbocycles. The van der Waals surface area contributed by atoms with E-state index in [1.807, 2.05) is 21.1 Å². The van der Waals surface area contributed by atoms with Crippen molar-refractivity contribution in [2.45, 2.75) is 322 Å². The summed E-state index contributed by atoms with van der Waals surface area (Å²) in [5, 5.41) is 11.8. The van der Waals surface area contributed by atoms with Crippen molar-refractivity contribution in [2.24, 2.45) is 0 Å². The van der Waals surface area contributed by atoms with Crippen molar-refractivity contribution in [3.63, 3.8) is 0 Å². The Morgan fingerprint density at radius 3 is 1.07 bits per heavy atom. The Morgan fingerprint density at radius 2 is 0.720 bits per heavy atom. The van der Waals surface area contributed by atoms with Crippen LogP contribution in [0.4, 0.5) is 0 Å². The second-order valence-corrected chi connectivity index (χ2v) is 23.1. The van der Waals surface area contributed by atoms with Crippen molar-refractivity contribution in [3.8, 4) is 0 Å². The van der Waals surface area contributed by atoms with Crippen molar-refractivity contribution < 1.29 is 42.9 Å². The number of ether oxygens (including phenoxy) is 4. The first kappa shape index (κ1) is 72.5. The summed E-state index contributed by atoms with van der Waals surface area (Å²) in [4.78, 5) is 37.3. The first-order valence-corrected chi connectivity index (χ1v) is 32.1. The zero-order chi connectivity index (χ0) is 54.8. The predicted molar refractivity (Wildman–Crippen MR) is 316 cm³/mol. The molecule has 0 aromatic rings. The molecule has 2 atom stereocenters. The van der Waals surface area contributed by atoms with E-state index in [2.05, 4.69) is 50.3 Å². The summed E-state index contributed by atoms with van der Waals surface area (Å²) in [6.07, 6.45) is 68.0. The van der Waals surface area contributed by atoms with Crippen LogP contribution in [0.3, 0.4) is 0 Å². The van der Waals surface area contributed by atoms with Crippen LogP contribution in [0.25, 0.3) is 0 Å². The summed E-state index contributed by atoms with van der Waals surface area (Å²) >= 11 is 0. The molecule has 0 spiro atoms. The third-order valence-electron chi connectivity index (χ3n) is 14.4. The van der Waals surface area contributed by atoms with Gasteiger partial charge in [0, 0.05) is 12.8 Å². The molecule has 0 heterocycles. The van der Waals surface area contributed by atoms with Crippen LogP contribution in [0.5, 0.6) is 0 Å². The summed E-state index contributed by atoms with van der Waals surface area (Å²) in [7, 11) is 5.93. The number of esters is 2. The van der Waals surface area contributed by atoms with Gasteiger partial charge in [-0.2, -0.15) is 0 Å². The van der Waals surface area contributed by atoms with Crippen LogP contribution in [0.1, 0.15) is 309 Å². The number of nitrogens with zero attached hydrogens (tertiary/aromatic N) is 1. The monoisotopic (exact) mass is 1060 g/mol. The Bertz CT molecular complexity index is 1320. The number of likely N-dealkylation sites (N-methyl/N-ethyl adjacent to an activating group) is 1. The van der Waals surface area contributed by atoms with Crippen molar-refractivity contribution >= 4 is 17.9 Å². The molecule has 440 valence electrons. The van der Waals surface area contributed by atoms with Crippen LogP contribution in [-0.2, 0) is 33.3 Å². The van der Waals surface area contributed by atoms with Gasteiger partial charge < -0.3 is 33.3 Å². The highest BCUT2D eigenvalue weighted by atomic mass is 16.7. The van der Waals surface area contributed by atoms with Crippen molar-refractivity contribution in [1.82, 2.24) is 0 Å². The first-order chi connectivity index (χ1) is 36.6. The number of carbonyl (C=O) groups is 3. The molecule has 0 aromatic heterocycles. The van der Waals surface area contributed by atoms with Gasteiger partial charge in [0.05, 0.1) is 40.3 Å². The number of aliphatic carboxylic acids is 1. The third-order valence-corrected chi connectivity index (χ3v) is 14.4. The number of rotatable bonds is 60. The quantitative estimate of drug-likeness (QED) is 0.0195. The second kappa shape index (κ2) is 57.7. The van der Waals surface area contributed by atoms with Crippen LogP contribution >= 0.6 is 0 Å². The van der Waals surface area contributed by atoms with Gasteiger partial charge in [-0.05, 0) is 51.4 Å². The van der Waals surface area contributed by atoms with Gasteiger partial charge in [0.2, 0.25) is 0 Å². The van der Waals surface area contributed by atoms with E-state index in [1.54, 1.807) is 0 Å². The number of carboxylic acids is 1. The van der Waals surface area contributed by atoms with E-state index in [4.69, 9.17) is 18.9 Å². The Kier molecular flexibility index (Phi) is 55.8. The van der Waals surface area contributed by atoms with Crippen LogP contribution in [0.2, 0.25) is 0 Å². The summed E-state index contributed by atoms with van der Waals surface area (Å²) in [6, 6.07) is 0. The highest BCUT2D eigenvalue weighted by Crippen LogP contribution is 2.18. The molecule has 2 unspecified atom stereocenters. The average molecular weight is 1060 g/mol. The molecule has 0 bridgehead atoms. The largest absolute Gasteiger partial charge is 0.545 e. The van der Waals surface area contributed by atoms with E-state index in [9.17, 15) is 19.5 Å². The molecular weight excluding hydrogens is 935 g/mol. The minimum absolute atomic E-state index is 0.151. The van der Waals surface area contributed by atoms with E-state index in [1.165, 1.54) is 231 Å². The van der Waals surface area contributed by atoms with E-state index in [0.717, 1.165) is 51.4 Å². The zero-order valence-corrected chi connectivity index (χ0v) is 50.2. The molecule has 9 nitrogen and oxygen atoms in total. The Labute approximate surface area is 464 Å². The first-order valence-electron chi connectivity index (χ1n) is 32.1. The van der Waals surface area contributed by atoms with Gasteiger partial charge in [0.25, 0.3) is 0 Å². The average Bonchev–Trinajstić information content (AvgIpc) is 3.38. The molecule has 0 saturated heterocycles. The van der Waals surface area contributed by atoms with Gasteiger partial charge in [0.1, 0.15) is 13.2 Å². The van der Waals surface area contributed by atoms with Crippen molar-refractivity contribution in [3.05, 3.63) is 36.5 Å². The molecule has 0 aliphatic heterocycles. The fraction of sp³-hybridized carbons (Fsp3) is 0.864. The van der Waals surface area contributed by atoms with Gasteiger partial charge in [0.15, 0.2) is 12.4 Å². The maximum atomic E-state index is 12.9. The molecule has 0 aromatic carbocycles. The number of quaternary nitrogens is 1. The van der Waals surface area contributed by atoms with Crippen molar-refractivity contribution in [2.75, 3.05) is 47.5 Å². The van der Waals surface area contributed by atoms with Gasteiger partial charge in [-0.1, -0.05) is 281 Å². The van der Waals surface area contributed by atoms with Gasteiger partial charge in [-0.15, -0.1) is 0 Å². The zero-order valence-electron chi connectivity index (χ0n) is 50.2. The predicted octanol–water partition coefficient (Wildman–Crippen LogP) is 17.9. The van der Waals surface area contributed by atoms with Gasteiger partial charge in [-0.25, -0.2) is 0 Å². The SMILES string of the molecule is CCCCCCC/C=C\C/C=C\C/C=C\CCCCCCCCCCCCCCCCCCCCCCCCC(=O)OC(COC(=O)CCCCCCCCCCCCCCC)COC(OCC[N+](C)(C)C)C(=O)[O-]. The molecule has 75 heavy (non-hydrogen) atoms. The fourth-order valence-corrected chi connectivity index (χ4v) is 9.43. The van der Waals surface area contributed by atoms with Crippen LogP contribution in [0.15, 0.2) is 36.5 Å². The Morgan fingerprint density at radius 1 is 0.400 bits per heavy atom. The molecule has 0 aliphatic rings. The highest BCUT2D eigenvalue weighted by molar-refractivity contribution is 5.70. The number of carbonyl (C=O) groups excluding carboxylic acids is 3. The second-order valence-electron chi connectivity index (χ2n) is 23.1. The summed E-state index contributed by atoms with van der Waals surface area (Å²) < 4.78 is 22.7. The van der Waals surface area contributed by atoms with E-state index >= 15 is 0 Å². The Balaban J connectivity index is 3.96. The number of unbranched alkanes of at least 4 members (excludes halogenated alkanes) is 39. The Hall–Kier alpha value is -2.49. The molecule has 0 fully saturated rings. The lowest BCUT2D eigenvalue weighted by Gasteiger charge is -2.26. The minimum atomic E-state index is -1.62. The van der Waals surface area contributed by atoms with E-state index < -0.39 is 24.3 Å². The molecular formula is C66H123NO8. The summed E-state index contributed by atoms with van der Waals surface area (Å²) in [5.74, 6) is -2.26. The third kappa shape index (κ3) is 59.0. The summed E-state index contributed by atoms with van der Waals surface area (Å²) in [6.45, 7) is 4.77. The molecule has 0 saturated carbocycles. The normalized spacial score (nSPS) is 12.9. The topological polar surface area (TPSA) is 111 Å². The molecule has 9 heteroatoms. The molecule has 0 rings (SSSR count). The number of allylic oxidation sites excluding steroid dienone is 6. The molecule has 0 N–H and O–H groups in total. The lowest BCUT2D eigenvalue weighted by atomic mass is 10.0. The summed E-state index contributed by atoms with van der Waals surface area (Å²) in [5.41, 5.74) is 0. The van der Waals surface area contributed by atoms with Crippen molar-refractivity contribution in [1.29, 1.82) is 0 Å². The lowest BCUT2D eigenvalue weighted by molar-refractivity contribution is -0.870. The van der Waals surface area contributed by atoms with Crippen LogP contribution in [-0.4, -0.2) is 82.3 Å². The van der Waals surface area contributed by atoms with Gasteiger partial charge >= 0.3 is 11.9 Å². The van der Waals surface area contributed by atoms with Crippen LogP contribution < -0.4 is 5.11 Å². The smallest absolute Gasteiger partial charge is 0.306 e. The maximum absolute atomic E-state index is 12.9. The van der Waals surface area contributed by atoms with E-state index in [-0.39, 0.29) is 32.2 Å². The standard InChI is InChI=1S/C66H123NO8/c1-6-8-10-12-14-16-18-20-21-22-23-24-25-26-27-28-29-30-31-32-33-34-35-36-37-38-39-40-41-42-43-45-47-49-51-53-55-57-64(69)75-62(61-74-66(65(70)71)72-59-58-67(3,4)5)60-73-63(68)56-54-52-50-48-46-44-19-17-15-13-11-9-7-2/h18,20,22-23,25-26,62,66H,6-17,19,21,24,27-61H2,1-5H3/b20-18-,23-22-,26-25-. The van der Waals surface area contributed by atoms with Crippen LogP contribution in [0, 0.1) is 0 Å². The number of carboxylic acid groups (broad SMARTS) is 1. The molecule has 0 amide bonds. The molecule has 0 radical (unpaired) electrons. The number of hydrogen-bond donors (Lipinski definition) is 0. The highest BCUT2D eigenvalue weighted by Gasteiger charge is 2.22.